The Bertz CT molecular complexity index is 1020. The van der Waals surface area contributed by atoms with Crippen LogP contribution in [0.4, 0.5) is 5.69 Å². The number of aryl methyl sites for hydroxylation is 1. The zero-order valence-electron chi connectivity index (χ0n) is 17.7. The number of benzene rings is 2. The quantitative estimate of drug-likeness (QED) is 0.727. The third-order valence-corrected chi connectivity index (χ3v) is 6.63. The highest BCUT2D eigenvalue weighted by molar-refractivity contribution is 7.92. The number of carbonyl (C=O) groups is 1. The van der Waals surface area contributed by atoms with Gasteiger partial charge in [0.25, 0.3) is 0 Å². The summed E-state index contributed by atoms with van der Waals surface area (Å²) in [6.45, 7) is 1.57. The average molecular weight is 433 g/mol. The highest BCUT2D eigenvalue weighted by Crippen LogP contribution is 2.35. The van der Waals surface area contributed by atoms with Crippen LogP contribution in [0.1, 0.15) is 36.9 Å². The molecule has 1 N–H and O–H groups in total. The zero-order valence-corrected chi connectivity index (χ0v) is 18.5. The molecule has 8 heteroatoms. The highest BCUT2D eigenvalue weighted by Gasteiger charge is 2.33. The molecular formula is C22H28N2O5S. The van der Waals surface area contributed by atoms with Crippen molar-refractivity contribution in [3.05, 3.63) is 53.6 Å². The van der Waals surface area contributed by atoms with E-state index >= 15 is 0 Å². The first kappa shape index (κ1) is 22.0. The van der Waals surface area contributed by atoms with E-state index in [1.807, 2.05) is 18.2 Å². The summed E-state index contributed by atoms with van der Waals surface area (Å²) in [5, 5.41) is 3.05. The van der Waals surface area contributed by atoms with E-state index in [4.69, 9.17) is 9.47 Å². The smallest absolute Gasteiger partial charge is 0.244 e. The molecule has 3 rings (SSSR count). The number of carbonyl (C=O) groups excluding carboxylic acids is 1. The van der Waals surface area contributed by atoms with E-state index in [2.05, 4.69) is 11.4 Å². The fourth-order valence-electron chi connectivity index (χ4n) is 3.95. The standard InChI is InChI=1S/C22H28N2O5S/c1-15(22(25)23-19-11-7-9-16-8-5-6-10-18(16)19)24(30(4,26)27)20-14-17(28-2)12-13-21(20)29-3/h5-6,8,10,12-15,19H,7,9,11H2,1-4H3,(H,23,25). The molecule has 0 radical (unpaired) electrons. The molecule has 0 aromatic heterocycles. The molecule has 0 spiro atoms. The van der Waals surface area contributed by atoms with Crippen molar-refractivity contribution in [1.82, 2.24) is 5.32 Å². The van der Waals surface area contributed by atoms with Crippen molar-refractivity contribution in [2.75, 3.05) is 24.8 Å². The second-order valence-electron chi connectivity index (χ2n) is 7.42. The summed E-state index contributed by atoms with van der Waals surface area (Å²) in [7, 11) is -0.837. The van der Waals surface area contributed by atoms with E-state index in [0.29, 0.717) is 11.5 Å². The summed E-state index contributed by atoms with van der Waals surface area (Å²) < 4.78 is 37.0. The van der Waals surface area contributed by atoms with Crippen molar-refractivity contribution in [3.63, 3.8) is 0 Å². The molecular weight excluding hydrogens is 404 g/mol. The van der Waals surface area contributed by atoms with Gasteiger partial charge >= 0.3 is 0 Å². The van der Waals surface area contributed by atoms with E-state index in [0.717, 1.165) is 35.4 Å². The van der Waals surface area contributed by atoms with Crippen LogP contribution < -0.4 is 19.1 Å². The van der Waals surface area contributed by atoms with Gasteiger partial charge in [-0.1, -0.05) is 24.3 Å². The number of fused-ring (bicyclic) bond motifs is 1. The minimum absolute atomic E-state index is 0.140. The first-order valence-corrected chi connectivity index (χ1v) is 11.7. The van der Waals surface area contributed by atoms with Crippen LogP contribution in [0.15, 0.2) is 42.5 Å². The minimum Gasteiger partial charge on any atom is -0.497 e. The number of anilines is 1. The van der Waals surface area contributed by atoms with Gasteiger partial charge < -0.3 is 14.8 Å². The molecule has 0 saturated heterocycles. The Morgan fingerprint density at radius 2 is 1.90 bits per heavy atom. The summed E-state index contributed by atoms with van der Waals surface area (Å²) >= 11 is 0. The van der Waals surface area contributed by atoms with Crippen molar-refractivity contribution in [1.29, 1.82) is 0 Å². The van der Waals surface area contributed by atoms with Crippen LogP contribution in [0, 0.1) is 0 Å². The van der Waals surface area contributed by atoms with Gasteiger partial charge in [-0.3, -0.25) is 9.10 Å². The van der Waals surface area contributed by atoms with E-state index < -0.39 is 16.1 Å². The Morgan fingerprint density at radius 3 is 2.57 bits per heavy atom. The van der Waals surface area contributed by atoms with E-state index in [1.165, 1.54) is 19.8 Å². The number of hydrogen-bond acceptors (Lipinski definition) is 5. The SMILES string of the molecule is COc1ccc(OC)c(N(C(C)C(=O)NC2CCCc3ccccc32)S(C)(=O)=O)c1. The van der Waals surface area contributed by atoms with E-state index in [1.54, 1.807) is 25.1 Å². The summed E-state index contributed by atoms with van der Waals surface area (Å²) in [5.41, 5.74) is 2.57. The van der Waals surface area contributed by atoms with Gasteiger partial charge in [0.05, 0.1) is 32.2 Å². The lowest BCUT2D eigenvalue weighted by atomic mass is 9.87. The molecule has 2 atom stereocenters. The van der Waals surface area contributed by atoms with Crippen LogP contribution >= 0.6 is 0 Å². The summed E-state index contributed by atoms with van der Waals surface area (Å²) in [4.78, 5) is 13.1. The number of nitrogens with zero attached hydrogens (tertiary/aromatic N) is 1. The number of hydrogen-bond donors (Lipinski definition) is 1. The number of amides is 1. The first-order valence-electron chi connectivity index (χ1n) is 9.86. The number of rotatable bonds is 7. The molecule has 1 amide bonds. The van der Waals surface area contributed by atoms with Crippen LogP contribution in [-0.2, 0) is 21.2 Å². The molecule has 0 bridgehead atoms. The molecule has 2 unspecified atom stereocenters. The monoisotopic (exact) mass is 432 g/mol. The normalized spacial score (nSPS) is 16.9. The summed E-state index contributed by atoms with van der Waals surface area (Å²) in [6, 6.07) is 11.8. The Labute approximate surface area is 178 Å². The summed E-state index contributed by atoms with van der Waals surface area (Å²) in [5.74, 6) is 0.434. The van der Waals surface area contributed by atoms with Crippen LogP contribution in [0.2, 0.25) is 0 Å². The third kappa shape index (κ3) is 4.53. The fraction of sp³-hybridized carbons (Fsp3) is 0.409. The molecule has 2 aromatic carbocycles. The number of methoxy groups -OCH3 is 2. The molecule has 1 aliphatic rings. The predicted octanol–water partition coefficient (Wildman–Crippen LogP) is 3.05. The van der Waals surface area contributed by atoms with Gasteiger partial charge in [-0.2, -0.15) is 0 Å². The van der Waals surface area contributed by atoms with Crippen molar-refractivity contribution >= 4 is 21.6 Å². The van der Waals surface area contributed by atoms with Crippen molar-refractivity contribution in [3.8, 4) is 11.5 Å². The van der Waals surface area contributed by atoms with Gasteiger partial charge in [0.2, 0.25) is 15.9 Å². The van der Waals surface area contributed by atoms with E-state index in [-0.39, 0.29) is 17.6 Å². The van der Waals surface area contributed by atoms with Crippen LogP contribution in [-0.4, -0.2) is 40.8 Å². The van der Waals surface area contributed by atoms with Crippen molar-refractivity contribution < 1.29 is 22.7 Å². The van der Waals surface area contributed by atoms with Gasteiger partial charge in [-0.15, -0.1) is 0 Å². The van der Waals surface area contributed by atoms with Gasteiger partial charge in [0.15, 0.2) is 0 Å². The number of sulfonamides is 1. The van der Waals surface area contributed by atoms with Gasteiger partial charge in [-0.05, 0) is 49.4 Å². The second kappa shape index (κ2) is 8.95. The maximum atomic E-state index is 13.1. The van der Waals surface area contributed by atoms with Gasteiger partial charge in [0.1, 0.15) is 17.5 Å². The Morgan fingerprint density at radius 1 is 1.17 bits per heavy atom. The van der Waals surface area contributed by atoms with E-state index in [9.17, 15) is 13.2 Å². The van der Waals surface area contributed by atoms with Gasteiger partial charge in [-0.25, -0.2) is 8.42 Å². The molecule has 1 aliphatic carbocycles. The van der Waals surface area contributed by atoms with Crippen LogP contribution in [0.5, 0.6) is 11.5 Å². The average Bonchev–Trinajstić information content (AvgIpc) is 2.73. The lowest BCUT2D eigenvalue weighted by Gasteiger charge is -2.32. The molecule has 0 saturated carbocycles. The third-order valence-electron chi connectivity index (χ3n) is 5.40. The Balaban J connectivity index is 1.92. The number of nitrogens with one attached hydrogen (secondary N) is 1. The second-order valence-corrected chi connectivity index (χ2v) is 9.28. The highest BCUT2D eigenvalue weighted by atomic mass is 32.2. The van der Waals surface area contributed by atoms with Crippen molar-refractivity contribution in [2.24, 2.45) is 0 Å². The number of ether oxygens (including phenoxy) is 2. The largest absolute Gasteiger partial charge is 0.497 e. The lowest BCUT2D eigenvalue weighted by Crippen LogP contribution is -2.49. The predicted molar refractivity (Wildman–Crippen MR) is 117 cm³/mol. The molecule has 2 aromatic rings. The summed E-state index contributed by atoms with van der Waals surface area (Å²) in [6.07, 6.45) is 3.84. The molecule has 0 fully saturated rings. The molecule has 162 valence electrons. The van der Waals surface area contributed by atoms with Crippen LogP contribution in [0.25, 0.3) is 0 Å². The van der Waals surface area contributed by atoms with Crippen molar-refractivity contribution in [2.45, 2.75) is 38.3 Å². The molecule has 0 heterocycles. The first-order chi connectivity index (χ1) is 14.3. The maximum absolute atomic E-state index is 13.1. The fourth-order valence-corrected chi connectivity index (χ4v) is 5.12. The maximum Gasteiger partial charge on any atom is 0.244 e. The molecule has 30 heavy (non-hydrogen) atoms. The van der Waals surface area contributed by atoms with Gasteiger partial charge in [0, 0.05) is 6.07 Å². The molecule has 7 nitrogen and oxygen atoms in total. The van der Waals surface area contributed by atoms with Crippen LogP contribution in [0.3, 0.4) is 0 Å². The zero-order chi connectivity index (χ0) is 21.9. The minimum atomic E-state index is -3.78. The Kier molecular flexibility index (Phi) is 6.55. The topological polar surface area (TPSA) is 84.9 Å². The lowest BCUT2D eigenvalue weighted by molar-refractivity contribution is -0.122. The molecule has 0 aliphatic heterocycles. The Hall–Kier alpha value is -2.74.